The van der Waals surface area contributed by atoms with Crippen LogP contribution in [0.2, 0.25) is 0 Å². The Bertz CT molecular complexity index is 891. The Labute approximate surface area is 181 Å². The highest BCUT2D eigenvalue weighted by molar-refractivity contribution is 5.86. The van der Waals surface area contributed by atoms with Crippen LogP contribution < -0.4 is 10.6 Å². The summed E-state index contributed by atoms with van der Waals surface area (Å²) in [5.41, 5.74) is 0.254. The molecule has 0 spiro atoms. The number of benzene rings is 1. The Kier molecular flexibility index (Phi) is 8.12. The maximum atomic E-state index is 12.8. The lowest BCUT2D eigenvalue weighted by Gasteiger charge is -2.21. The average Bonchev–Trinajstić information content (AvgIpc) is 3.18. The zero-order chi connectivity index (χ0) is 23.0. The molecule has 1 aromatic carbocycles. The third-order valence-electron chi connectivity index (χ3n) is 4.32. The van der Waals surface area contributed by atoms with Crippen molar-refractivity contribution in [2.75, 3.05) is 7.11 Å². The summed E-state index contributed by atoms with van der Waals surface area (Å²) in [6, 6.07) is 7.74. The molecule has 0 unspecified atom stereocenters. The summed E-state index contributed by atoms with van der Waals surface area (Å²) in [6.45, 7) is 6.95. The van der Waals surface area contributed by atoms with Gasteiger partial charge in [-0.15, -0.1) is 10.2 Å². The highest BCUT2D eigenvalue weighted by atomic mass is 16.6. The summed E-state index contributed by atoms with van der Waals surface area (Å²) in [5, 5.41) is 13.1. The van der Waals surface area contributed by atoms with E-state index in [1.165, 1.54) is 18.0 Å². The van der Waals surface area contributed by atoms with Gasteiger partial charge in [0, 0.05) is 6.42 Å². The molecule has 1 heterocycles. The van der Waals surface area contributed by atoms with Crippen LogP contribution in [0.15, 0.2) is 36.7 Å². The number of nitrogens with zero attached hydrogens (tertiary/aromatic N) is 3. The van der Waals surface area contributed by atoms with Gasteiger partial charge in [-0.2, -0.15) is 0 Å². The number of rotatable bonds is 8. The molecule has 0 aliphatic carbocycles. The van der Waals surface area contributed by atoms with Gasteiger partial charge in [0.1, 0.15) is 24.0 Å². The molecular weight excluding hydrogens is 402 g/mol. The first-order valence-electron chi connectivity index (χ1n) is 9.88. The summed E-state index contributed by atoms with van der Waals surface area (Å²) in [5.74, 6) is -0.587. The summed E-state index contributed by atoms with van der Waals surface area (Å²) in [4.78, 5) is 36.9. The molecule has 0 saturated carbocycles. The van der Waals surface area contributed by atoms with Gasteiger partial charge >= 0.3 is 12.1 Å². The summed E-state index contributed by atoms with van der Waals surface area (Å²) < 4.78 is 11.5. The zero-order valence-corrected chi connectivity index (χ0v) is 18.4. The summed E-state index contributed by atoms with van der Waals surface area (Å²) >= 11 is 0. The molecule has 2 rings (SSSR count). The van der Waals surface area contributed by atoms with Crippen LogP contribution in [-0.4, -0.2) is 51.5 Å². The molecule has 0 aliphatic heterocycles. The zero-order valence-electron chi connectivity index (χ0n) is 18.4. The SMILES string of the molecule is COC(=O)[C@H](Cc1ccccc1)NC(=O)[C@H](C)n1cnnc1CNC(=O)OC(C)(C)C. The van der Waals surface area contributed by atoms with Gasteiger partial charge in [-0.25, -0.2) is 9.59 Å². The van der Waals surface area contributed by atoms with E-state index < -0.39 is 35.7 Å². The highest BCUT2D eigenvalue weighted by Crippen LogP contribution is 2.12. The Morgan fingerprint density at radius 2 is 1.84 bits per heavy atom. The molecular formula is C21H29N5O5. The van der Waals surface area contributed by atoms with E-state index in [2.05, 4.69) is 20.8 Å². The molecule has 2 aromatic rings. The molecule has 2 N–H and O–H groups in total. The Morgan fingerprint density at radius 1 is 1.16 bits per heavy atom. The van der Waals surface area contributed by atoms with E-state index in [-0.39, 0.29) is 6.54 Å². The van der Waals surface area contributed by atoms with Gasteiger partial charge in [0.25, 0.3) is 0 Å². The average molecular weight is 431 g/mol. The predicted octanol–water partition coefficient (Wildman–Crippen LogP) is 1.76. The van der Waals surface area contributed by atoms with Gasteiger partial charge in [0.05, 0.1) is 13.7 Å². The number of esters is 1. The number of alkyl carbamates (subject to hydrolysis) is 1. The predicted molar refractivity (Wildman–Crippen MR) is 112 cm³/mol. The van der Waals surface area contributed by atoms with Gasteiger partial charge in [0.15, 0.2) is 5.82 Å². The van der Waals surface area contributed by atoms with E-state index in [4.69, 9.17) is 9.47 Å². The number of ether oxygens (including phenoxy) is 2. The molecule has 0 radical (unpaired) electrons. The van der Waals surface area contributed by atoms with Crippen molar-refractivity contribution in [2.24, 2.45) is 0 Å². The smallest absolute Gasteiger partial charge is 0.408 e. The summed E-state index contributed by atoms with van der Waals surface area (Å²) in [6.07, 6.45) is 1.08. The fraction of sp³-hybridized carbons (Fsp3) is 0.476. The van der Waals surface area contributed by atoms with Crippen molar-refractivity contribution >= 4 is 18.0 Å². The van der Waals surface area contributed by atoms with Crippen LogP contribution >= 0.6 is 0 Å². The lowest BCUT2D eigenvalue weighted by Crippen LogP contribution is -2.45. The topological polar surface area (TPSA) is 124 Å². The van der Waals surface area contributed by atoms with E-state index in [9.17, 15) is 14.4 Å². The third kappa shape index (κ3) is 7.40. The standard InChI is InChI=1S/C21H29N5O5/c1-14(26-13-23-25-17(26)12-22-20(29)31-21(2,3)4)18(27)24-16(19(28)30-5)11-15-9-7-6-8-10-15/h6-10,13-14,16H,11-12H2,1-5H3,(H,22,29)(H,24,27)/t14-,16-/m0/s1. The molecule has 0 bridgehead atoms. The van der Waals surface area contributed by atoms with Crippen LogP contribution in [-0.2, 0) is 32.0 Å². The Morgan fingerprint density at radius 3 is 2.45 bits per heavy atom. The maximum Gasteiger partial charge on any atom is 0.408 e. The third-order valence-corrected chi connectivity index (χ3v) is 4.32. The molecule has 0 fully saturated rings. The summed E-state index contributed by atoms with van der Waals surface area (Å²) in [7, 11) is 1.27. The lowest BCUT2D eigenvalue weighted by molar-refractivity contribution is -0.145. The largest absolute Gasteiger partial charge is 0.467 e. The Hall–Kier alpha value is -3.43. The van der Waals surface area contributed by atoms with Crippen LogP contribution in [0.1, 0.15) is 45.1 Å². The number of nitrogens with one attached hydrogen (secondary N) is 2. The van der Waals surface area contributed by atoms with Crippen molar-refractivity contribution in [3.63, 3.8) is 0 Å². The first-order chi connectivity index (χ1) is 14.6. The van der Waals surface area contributed by atoms with Crippen LogP contribution in [0.25, 0.3) is 0 Å². The van der Waals surface area contributed by atoms with Crippen molar-refractivity contribution in [2.45, 2.75) is 58.3 Å². The molecule has 168 valence electrons. The number of carbonyl (C=O) groups excluding carboxylic acids is 3. The van der Waals surface area contributed by atoms with E-state index in [1.807, 2.05) is 30.3 Å². The van der Waals surface area contributed by atoms with Gasteiger partial charge in [0.2, 0.25) is 5.91 Å². The first-order valence-corrected chi connectivity index (χ1v) is 9.88. The fourth-order valence-electron chi connectivity index (χ4n) is 2.79. The van der Waals surface area contributed by atoms with Crippen molar-refractivity contribution in [3.8, 4) is 0 Å². The second kappa shape index (κ2) is 10.6. The van der Waals surface area contributed by atoms with E-state index in [0.717, 1.165) is 5.56 Å². The molecule has 10 heteroatoms. The minimum atomic E-state index is -0.845. The molecule has 10 nitrogen and oxygen atoms in total. The fourth-order valence-corrected chi connectivity index (χ4v) is 2.79. The van der Waals surface area contributed by atoms with Crippen molar-refractivity contribution in [1.29, 1.82) is 0 Å². The molecule has 2 atom stereocenters. The van der Waals surface area contributed by atoms with Gasteiger partial charge < -0.3 is 24.7 Å². The second-order valence-electron chi connectivity index (χ2n) is 7.96. The highest BCUT2D eigenvalue weighted by Gasteiger charge is 2.26. The van der Waals surface area contributed by atoms with E-state index in [1.54, 1.807) is 27.7 Å². The second-order valence-corrected chi connectivity index (χ2v) is 7.96. The van der Waals surface area contributed by atoms with Gasteiger partial charge in [-0.05, 0) is 33.3 Å². The van der Waals surface area contributed by atoms with Crippen LogP contribution in [0.3, 0.4) is 0 Å². The van der Waals surface area contributed by atoms with Crippen LogP contribution in [0.4, 0.5) is 4.79 Å². The molecule has 0 aliphatic rings. The Balaban J connectivity index is 2.04. The minimum absolute atomic E-state index is 0.0248. The van der Waals surface area contributed by atoms with E-state index >= 15 is 0 Å². The lowest BCUT2D eigenvalue weighted by atomic mass is 10.1. The van der Waals surface area contributed by atoms with Crippen LogP contribution in [0.5, 0.6) is 0 Å². The number of hydrogen-bond acceptors (Lipinski definition) is 7. The van der Waals surface area contributed by atoms with Gasteiger partial charge in [-0.3, -0.25) is 4.79 Å². The number of amides is 2. The minimum Gasteiger partial charge on any atom is -0.467 e. The van der Waals surface area contributed by atoms with Crippen molar-refractivity contribution in [1.82, 2.24) is 25.4 Å². The van der Waals surface area contributed by atoms with Gasteiger partial charge in [-0.1, -0.05) is 30.3 Å². The number of hydrogen-bond donors (Lipinski definition) is 2. The maximum absolute atomic E-state index is 12.8. The van der Waals surface area contributed by atoms with E-state index in [0.29, 0.717) is 12.2 Å². The molecule has 0 saturated heterocycles. The number of methoxy groups -OCH3 is 1. The number of aromatic nitrogens is 3. The molecule has 1 aromatic heterocycles. The first kappa shape index (κ1) is 23.8. The quantitative estimate of drug-likeness (QED) is 0.610. The molecule has 31 heavy (non-hydrogen) atoms. The monoisotopic (exact) mass is 431 g/mol. The normalized spacial score (nSPS) is 13.1. The number of carbonyl (C=O) groups is 3. The molecule has 2 amide bonds. The van der Waals surface area contributed by atoms with Crippen molar-refractivity contribution in [3.05, 3.63) is 48.0 Å². The van der Waals surface area contributed by atoms with Crippen LogP contribution in [0, 0.1) is 0 Å². The van der Waals surface area contributed by atoms with Crippen molar-refractivity contribution < 1.29 is 23.9 Å².